The molecule has 0 spiro atoms. The van der Waals surface area contributed by atoms with Crippen molar-refractivity contribution in [2.75, 3.05) is 6.61 Å². The van der Waals surface area contributed by atoms with Crippen molar-refractivity contribution in [1.29, 1.82) is 0 Å². The van der Waals surface area contributed by atoms with Crippen molar-refractivity contribution in [3.8, 4) is 5.75 Å². The van der Waals surface area contributed by atoms with Crippen LogP contribution in [0, 0.1) is 17.8 Å². The normalized spacial score (nSPS) is 30.5. The third-order valence-corrected chi connectivity index (χ3v) is 6.57. The van der Waals surface area contributed by atoms with Gasteiger partial charge in [0.05, 0.1) is 6.61 Å². The summed E-state index contributed by atoms with van der Waals surface area (Å²) >= 11 is 5.74. The summed E-state index contributed by atoms with van der Waals surface area (Å²) in [5.41, 5.74) is 3.23. The lowest BCUT2D eigenvalue weighted by Crippen LogP contribution is -2.25. The highest BCUT2D eigenvalue weighted by molar-refractivity contribution is 6.25. The molecule has 3 rings (SSSR count). The average molecular weight is 361 g/mol. The molecule has 0 heterocycles. The highest BCUT2D eigenvalue weighted by Gasteiger charge is 2.30. The van der Waals surface area contributed by atoms with Gasteiger partial charge < -0.3 is 4.74 Å². The molecule has 0 radical (unpaired) electrons. The van der Waals surface area contributed by atoms with E-state index in [0.29, 0.717) is 0 Å². The van der Waals surface area contributed by atoms with E-state index < -0.39 is 0 Å². The molecule has 2 fully saturated rings. The molecule has 2 aliphatic carbocycles. The first-order valence-corrected chi connectivity index (χ1v) is 10.7. The molecule has 1 aromatic carbocycles. The molecule has 0 unspecified atom stereocenters. The molecule has 0 atom stereocenters. The van der Waals surface area contributed by atoms with Gasteiger partial charge in [-0.05, 0) is 99.2 Å². The standard InChI is InChI=1S/C23H33ClO/c1-2-17-25-23-13-11-22(12-14-23)21-9-7-20(8-10-21)19-5-3-18(4-6-19)15-16-24/h11-16,18-21H,2-10,17H2,1H3/b16-15+/t18-,19-,20?,21?. The predicted octanol–water partition coefficient (Wildman–Crippen LogP) is 7.31. The number of benzene rings is 1. The number of hydrogen-bond donors (Lipinski definition) is 0. The summed E-state index contributed by atoms with van der Waals surface area (Å²) in [6, 6.07) is 8.89. The summed E-state index contributed by atoms with van der Waals surface area (Å²) < 4.78 is 5.71. The van der Waals surface area contributed by atoms with E-state index in [2.05, 4.69) is 37.3 Å². The first kappa shape index (κ1) is 18.8. The minimum absolute atomic E-state index is 0.735. The van der Waals surface area contributed by atoms with E-state index in [1.165, 1.54) is 56.9 Å². The maximum atomic E-state index is 5.74. The summed E-state index contributed by atoms with van der Waals surface area (Å²) in [5, 5.41) is 0. The molecular weight excluding hydrogens is 328 g/mol. The number of allylic oxidation sites excluding steroid dienone is 1. The Hall–Kier alpha value is -0.950. The van der Waals surface area contributed by atoms with Crippen LogP contribution in [0.1, 0.15) is 76.2 Å². The molecule has 2 saturated carbocycles. The van der Waals surface area contributed by atoms with Gasteiger partial charge in [0.2, 0.25) is 0 Å². The van der Waals surface area contributed by atoms with Crippen molar-refractivity contribution in [2.45, 2.75) is 70.6 Å². The van der Waals surface area contributed by atoms with Crippen LogP contribution in [0.5, 0.6) is 5.75 Å². The molecular formula is C23H33ClO. The van der Waals surface area contributed by atoms with Crippen molar-refractivity contribution in [2.24, 2.45) is 17.8 Å². The van der Waals surface area contributed by atoms with Crippen LogP contribution in [0.15, 0.2) is 35.9 Å². The van der Waals surface area contributed by atoms with Gasteiger partial charge in [-0.25, -0.2) is 0 Å². The lowest BCUT2D eigenvalue weighted by molar-refractivity contribution is 0.171. The van der Waals surface area contributed by atoms with Crippen molar-refractivity contribution in [3.63, 3.8) is 0 Å². The molecule has 0 saturated heterocycles. The molecule has 2 aliphatic rings. The summed E-state index contributed by atoms with van der Waals surface area (Å²) in [6.07, 6.45) is 14.3. The zero-order chi connectivity index (χ0) is 17.5. The summed E-state index contributed by atoms with van der Waals surface area (Å²) in [7, 11) is 0. The van der Waals surface area contributed by atoms with Gasteiger partial charge in [-0.15, -0.1) is 0 Å². The fraction of sp³-hybridized carbons (Fsp3) is 0.652. The quantitative estimate of drug-likeness (QED) is 0.516. The van der Waals surface area contributed by atoms with Gasteiger partial charge in [0.15, 0.2) is 0 Å². The highest BCUT2D eigenvalue weighted by Crippen LogP contribution is 2.44. The second-order valence-corrected chi connectivity index (χ2v) is 8.27. The molecule has 0 aliphatic heterocycles. The van der Waals surface area contributed by atoms with Crippen LogP contribution in [-0.4, -0.2) is 6.61 Å². The van der Waals surface area contributed by atoms with E-state index in [4.69, 9.17) is 16.3 Å². The van der Waals surface area contributed by atoms with Crippen LogP contribution in [0.3, 0.4) is 0 Å². The van der Waals surface area contributed by atoms with Gasteiger partial charge >= 0.3 is 0 Å². The van der Waals surface area contributed by atoms with Crippen LogP contribution in [0.4, 0.5) is 0 Å². The largest absolute Gasteiger partial charge is 0.494 e. The van der Waals surface area contributed by atoms with E-state index >= 15 is 0 Å². The molecule has 25 heavy (non-hydrogen) atoms. The molecule has 1 nitrogen and oxygen atoms in total. The minimum atomic E-state index is 0.735. The molecule has 0 bridgehead atoms. The minimum Gasteiger partial charge on any atom is -0.494 e. The van der Waals surface area contributed by atoms with Gasteiger partial charge in [-0.1, -0.05) is 36.7 Å². The van der Waals surface area contributed by atoms with Gasteiger partial charge in [0.1, 0.15) is 5.75 Å². The van der Waals surface area contributed by atoms with Gasteiger partial charge in [0.25, 0.3) is 0 Å². The Morgan fingerprint density at radius 3 is 2.08 bits per heavy atom. The fourth-order valence-electron chi connectivity index (χ4n) is 4.89. The summed E-state index contributed by atoms with van der Waals surface area (Å²) in [6.45, 7) is 2.96. The van der Waals surface area contributed by atoms with Crippen molar-refractivity contribution in [3.05, 3.63) is 41.4 Å². The third kappa shape index (κ3) is 5.26. The van der Waals surface area contributed by atoms with E-state index in [1.807, 2.05) is 0 Å². The van der Waals surface area contributed by atoms with Crippen molar-refractivity contribution in [1.82, 2.24) is 0 Å². The van der Waals surface area contributed by atoms with Crippen LogP contribution < -0.4 is 4.74 Å². The zero-order valence-electron chi connectivity index (χ0n) is 15.6. The molecule has 138 valence electrons. The number of ether oxygens (including phenoxy) is 1. The lowest BCUT2D eigenvalue weighted by atomic mass is 9.68. The Morgan fingerprint density at radius 1 is 0.920 bits per heavy atom. The second kappa shape index (κ2) is 9.67. The predicted molar refractivity (Wildman–Crippen MR) is 107 cm³/mol. The first-order chi connectivity index (χ1) is 12.3. The van der Waals surface area contributed by atoms with Crippen LogP contribution in [0.2, 0.25) is 0 Å². The molecule has 0 aromatic heterocycles. The fourth-order valence-corrected chi connectivity index (χ4v) is 5.10. The number of hydrogen-bond acceptors (Lipinski definition) is 1. The van der Waals surface area contributed by atoms with Gasteiger partial charge in [0, 0.05) is 5.54 Å². The smallest absolute Gasteiger partial charge is 0.119 e. The maximum absolute atomic E-state index is 5.74. The Labute approximate surface area is 158 Å². The van der Waals surface area contributed by atoms with E-state index in [0.717, 1.165) is 42.4 Å². The Morgan fingerprint density at radius 2 is 1.52 bits per heavy atom. The maximum Gasteiger partial charge on any atom is 0.119 e. The zero-order valence-corrected chi connectivity index (χ0v) is 16.4. The van der Waals surface area contributed by atoms with E-state index in [-0.39, 0.29) is 0 Å². The Balaban J connectivity index is 1.45. The van der Waals surface area contributed by atoms with E-state index in [9.17, 15) is 0 Å². The highest BCUT2D eigenvalue weighted by atomic mass is 35.5. The average Bonchev–Trinajstić information content (AvgIpc) is 2.68. The monoisotopic (exact) mass is 360 g/mol. The van der Waals surface area contributed by atoms with Crippen LogP contribution >= 0.6 is 11.6 Å². The summed E-state index contributed by atoms with van der Waals surface area (Å²) in [4.78, 5) is 0. The van der Waals surface area contributed by atoms with E-state index in [1.54, 1.807) is 5.54 Å². The van der Waals surface area contributed by atoms with Gasteiger partial charge in [-0.2, -0.15) is 0 Å². The molecule has 2 heteroatoms. The molecule has 1 aromatic rings. The molecule has 0 amide bonds. The second-order valence-electron chi connectivity index (χ2n) is 8.02. The SMILES string of the molecule is CCCOc1ccc(C2CCC([C@H]3CC[C@H](/C=C/Cl)CC3)CC2)cc1. The number of rotatable bonds is 6. The Kier molecular flexibility index (Phi) is 7.28. The molecule has 0 N–H and O–H groups in total. The lowest BCUT2D eigenvalue weighted by Gasteiger charge is -2.37. The first-order valence-electron chi connectivity index (χ1n) is 10.3. The Bertz CT molecular complexity index is 520. The number of halogens is 1. The van der Waals surface area contributed by atoms with Crippen LogP contribution in [-0.2, 0) is 0 Å². The topological polar surface area (TPSA) is 9.23 Å². The third-order valence-electron chi connectivity index (χ3n) is 6.42. The van der Waals surface area contributed by atoms with Gasteiger partial charge in [-0.3, -0.25) is 0 Å². The van der Waals surface area contributed by atoms with Crippen molar-refractivity contribution >= 4 is 11.6 Å². The van der Waals surface area contributed by atoms with Crippen LogP contribution in [0.25, 0.3) is 0 Å². The van der Waals surface area contributed by atoms with Crippen molar-refractivity contribution < 1.29 is 4.74 Å². The summed E-state index contributed by atoms with van der Waals surface area (Å²) in [5.74, 6) is 4.43.